The van der Waals surface area contributed by atoms with Crippen molar-refractivity contribution in [3.8, 4) is 0 Å². The van der Waals surface area contributed by atoms with Gasteiger partial charge in [0.25, 0.3) is 0 Å². The van der Waals surface area contributed by atoms with Crippen LogP contribution in [0.4, 0.5) is 0 Å². The Morgan fingerprint density at radius 1 is 1.10 bits per heavy atom. The fraction of sp³-hybridized carbons (Fsp3) is 0.333. The van der Waals surface area contributed by atoms with Gasteiger partial charge in [-0.05, 0) is 36.2 Å². The number of hydrogen-bond acceptors (Lipinski definition) is 5. The Morgan fingerprint density at radius 2 is 1.80 bits per heavy atom. The molecule has 7 nitrogen and oxygen atoms in total. The molecule has 9 heteroatoms. The standard InChI is InChI=1S/C21H23N3O4S2/c1-23-18-4-2-3-5-19(18)29-21(23)22-20(25)11-8-16-6-9-17(10-7-16)30(26,27)24-12-14-28-15-13-24/h2-7,9-10H,8,11-15H2,1H3. The second kappa shape index (κ2) is 8.81. The second-order valence-corrected chi connectivity index (χ2v) is 10.0. The number of carbonyl (C=O) groups is 1. The maximum absolute atomic E-state index is 12.7. The molecular formula is C21H23N3O4S2. The molecule has 1 aliphatic heterocycles. The Hall–Kier alpha value is -2.33. The van der Waals surface area contributed by atoms with Gasteiger partial charge in [0.2, 0.25) is 15.9 Å². The monoisotopic (exact) mass is 445 g/mol. The van der Waals surface area contributed by atoms with E-state index in [4.69, 9.17) is 4.74 Å². The number of aryl methyl sites for hydroxylation is 2. The van der Waals surface area contributed by atoms with Gasteiger partial charge in [-0.15, -0.1) is 0 Å². The summed E-state index contributed by atoms with van der Waals surface area (Å²) in [5.74, 6) is -0.192. The maximum Gasteiger partial charge on any atom is 0.248 e. The molecular weight excluding hydrogens is 422 g/mol. The molecule has 0 saturated carbocycles. The first kappa shape index (κ1) is 20.9. The molecule has 1 aliphatic rings. The van der Waals surface area contributed by atoms with Crippen LogP contribution >= 0.6 is 11.3 Å². The highest BCUT2D eigenvalue weighted by Gasteiger charge is 2.26. The molecule has 3 aromatic rings. The zero-order valence-corrected chi connectivity index (χ0v) is 18.3. The number of benzene rings is 2. The smallest absolute Gasteiger partial charge is 0.248 e. The van der Waals surface area contributed by atoms with Crippen molar-refractivity contribution in [1.82, 2.24) is 8.87 Å². The Morgan fingerprint density at radius 3 is 2.50 bits per heavy atom. The Kier molecular flexibility index (Phi) is 6.14. The zero-order chi connectivity index (χ0) is 21.1. The third-order valence-corrected chi connectivity index (χ3v) is 8.12. The minimum absolute atomic E-state index is 0.192. The van der Waals surface area contributed by atoms with Crippen LogP contribution < -0.4 is 4.80 Å². The third kappa shape index (κ3) is 4.39. The van der Waals surface area contributed by atoms with Crippen LogP contribution in [0.15, 0.2) is 58.4 Å². The van der Waals surface area contributed by atoms with Crippen LogP contribution in [0.2, 0.25) is 0 Å². The first-order chi connectivity index (χ1) is 14.4. The third-order valence-electron chi connectivity index (χ3n) is 5.09. The summed E-state index contributed by atoms with van der Waals surface area (Å²) >= 11 is 1.49. The average molecular weight is 446 g/mol. The van der Waals surface area contributed by atoms with Crippen molar-refractivity contribution in [3.63, 3.8) is 0 Å². The minimum Gasteiger partial charge on any atom is -0.379 e. The number of carbonyl (C=O) groups excluding carboxylic acids is 1. The van der Waals surface area contributed by atoms with E-state index in [0.717, 1.165) is 15.8 Å². The van der Waals surface area contributed by atoms with Crippen LogP contribution in [0, 0.1) is 0 Å². The van der Waals surface area contributed by atoms with Gasteiger partial charge < -0.3 is 9.30 Å². The lowest BCUT2D eigenvalue weighted by Crippen LogP contribution is -2.40. The van der Waals surface area contributed by atoms with E-state index in [1.807, 2.05) is 35.9 Å². The molecule has 0 radical (unpaired) electrons. The summed E-state index contributed by atoms with van der Waals surface area (Å²) in [7, 11) is -1.60. The average Bonchev–Trinajstić information content (AvgIpc) is 3.08. The minimum atomic E-state index is -3.50. The molecule has 2 aromatic carbocycles. The number of aromatic nitrogens is 1. The number of rotatable bonds is 5. The summed E-state index contributed by atoms with van der Waals surface area (Å²) in [5.41, 5.74) is 1.95. The fourth-order valence-electron chi connectivity index (χ4n) is 3.37. The molecule has 2 heterocycles. The highest BCUT2D eigenvalue weighted by atomic mass is 32.2. The number of para-hydroxylation sites is 1. The van der Waals surface area contributed by atoms with Crippen LogP contribution in [0.25, 0.3) is 10.2 Å². The van der Waals surface area contributed by atoms with E-state index in [1.165, 1.54) is 15.6 Å². The van der Waals surface area contributed by atoms with Crippen LogP contribution in [-0.4, -0.2) is 49.5 Å². The first-order valence-electron chi connectivity index (χ1n) is 9.74. The van der Waals surface area contributed by atoms with Gasteiger partial charge in [-0.1, -0.05) is 35.6 Å². The quantitative estimate of drug-likeness (QED) is 0.604. The topological polar surface area (TPSA) is 81.0 Å². The van der Waals surface area contributed by atoms with Crippen molar-refractivity contribution in [1.29, 1.82) is 0 Å². The highest BCUT2D eigenvalue weighted by molar-refractivity contribution is 7.89. The van der Waals surface area contributed by atoms with Crippen molar-refractivity contribution in [3.05, 3.63) is 58.9 Å². The number of hydrogen-bond donors (Lipinski definition) is 0. The summed E-state index contributed by atoms with van der Waals surface area (Å²) < 4.78 is 35.0. The predicted octanol–water partition coefficient (Wildman–Crippen LogP) is 2.32. The van der Waals surface area contributed by atoms with E-state index in [0.29, 0.717) is 37.5 Å². The maximum atomic E-state index is 12.7. The molecule has 0 aliphatic carbocycles. The summed E-state index contributed by atoms with van der Waals surface area (Å²) in [4.78, 5) is 17.6. The molecule has 0 bridgehead atoms. The molecule has 1 aromatic heterocycles. The van der Waals surface area contributed by atoms with Crippen molar-refractivity contribution in [2.45, 2.75) is 17.7 Å². The van der Waals surface area contributed by atoms with Crippen LogP contribution in [-0.2, 0) is 33.0 Å². The van der Waals surface area contributed by atoms with Crippen LogP contribution in [0.3, 0.4) is 0 Å². The van der Waals surface area contributed by atoms with Gasteiger partial charge in [-0.25, -0.2) is 8.42 Å². The van der Waals surface area contributed by atoms with E-state index in [2.05, 4.69) is 4.99 Å². The van der Waals surface area contributed by atoms with Gasteiger partial charge in [0.15, 0.2) is 4.80 Å². The number of thiazole rings is 1. The first-order valence-corrected chi connectivity index (χ1v) is 12.0. The van der Waals surface area contributed by atoms with Crippen molar-refractivity contribution < 1.29 is 17.9 Å². The van der Waals surface area contributed by atoms with Crippen LogP contribution in [0.5, 0.6) is 0 Å². The highest BCUT2D eigenvalue weighted by Crippen LogP contribution is 2.18. The van der Waals surface area contributed by atoms with E-state index >= 15 is 0 Å². The normalized spacial score (nSPS) is 16.2. The van der Waals surface area contributed by atoms with Gasteiger partial charge in [0.05, 0.1) is 28.3 Å². The SMILES string of the molecule is Cn1c(=NC(=O)CCc2ccc(S(=O)(=O)N3CCOCC3)cc2)sc2ccccc21. The molecule has 1 amide bonds. The van der Waals surface area contributed by atoms with Gasteiger partial charge in [0, 0.05) is 26.6 Å². The van der Waals surface area contributed by atoms with Crippen molar-refractivity contribution in [2.75, 3.05) is 26.3 Å². The number of nitrogens with zero attached hydrogens (tertiary/aromatic N) is 3. The van der Waals surface area contributed by atoms with Crippen LogP contribution in [0.1, 0.15) is 12.0 Å². The Labute approximate surface area is 179 Å². The van der Waals surface area contributed by atoms with E-state index in [9.17, 15) is 13.2 Å². The molecule has 158 valence electrons. The number of amides is 1. The summed E-state index contributed by atoms with van der Waals surface area (Å²) in [6, 6.07) is 14.7. The summed E-state index contributed by atoms with van der Waals surface area (Å²) in [6.07, 6.45) is 0.776. The van der Waals surface area contributed by atoms with Gasteiger partial charge in [-0.2, -0.15) is 9.30 Å². The molecule has 0 spiro atoms. The van der Waals surface area contributed by atoms with Gasteiger partial charge >= 0.3 is 0 Å². The zero-order valence-electron chi connectivity index (χ0n) is 16.7. The molecule has 1 saturated heterocycles. The summed E-state index contributed by atoms with van der Waals surface area (Å²) in [6.45, 7) is 1.57. The molecule has 30 heavy (non-hydrogen) atoms. The molecule has 4 rings (SSSR count). The lowest BCUT2D eigenvalue weighted by Gasteiger charge is -2.26. The Balaban J connectivity index is 1.42. The number of ether oxygens (including phenoxy) is 1. The molecule has 1 fully saturated rings. The van der Waals surface area contributed by atoms with E-state index in [1.54, 1.807) is 24.3 Å². The second-order valence-electron chi connectivity index (χ2n) is 7.08. The number of sulfonamides is 1. The lowest BCUT2D eigenvalue weighted by atomic mass is 10.1. The number of morpholine rings is 1. The summed E-state index contributed by atoms with van der Waals surface area (Å²) in [5, 5.41) is 0. The fourth-order valence-corrected chi connectivity index (χ4v) is 5.81. The van der Waals surface area contributed by atoms with Gasteiger partial charge in [-0.3, -0.25) is 4.79 Å². The number of fused-ring (bicyclic) bond motifs is 1. The van der Waals surface area contributed by atoms with Crippen molar-refractivity contribution >= 4 is 37.5 Å². The molecule has 0 atom stereocenters. The molecule has 0 unspecified atom stereocenters. The van der Waals surface area contributed by atoms with E-state index in [-0.39, 0.29) is 17.2 Å². The predicted molar refractivity (Wildman–Crippen MR) is 116 cm³/mol. The lowest BCUT2D eigenvalue weighted by molar-refractivity contribution is -0.118. The largest absolute Gasteiger partial charge is 0.379 e. The molecule has 0 N–H and O–H groups in total. The van der Waals surface area contributed by atoms with Gasteiger partial charge in [0.1, 0.15) is 0 Å². The van der Waals surface area contributed by atoms with E-state index < -0.39 is 10.0 Å². The Bertz CT molecular complexity index is 1220. The van der Waals surface area contributed by atoms with Crippen molar-refractivity contribution in [2.24, 2.45) is 12.0 Å².